The van der Waals surface area contributed by atoms with Gasteiger partial charge in [-0.3, -0.25) is 14.7 Å². The maximum Gasteiger partial charge on any atom is 0.179 e. The first-order chi connectivity index (χ1) is 9.72. The Morgan fingerprint density at radius 2 is 1.95 bits per heavy atom. The van der Waals surface area contributed by atoms with E-state index in [9.17, 15) is 4.79 Å². The number of benzene rings is 1. The SMILES string of the molecule is CCC(C(=O)c1ccccc1)N(C)Cc1cccnc1. The van der Waals surface area contributed by atoms with Gasteiger partial charge >= 0.3 is 0 Å². The number of hydrogen-bond donors (Lipinski definition) is 0. The number of hydrogen-bond acceptors (Lipinski definition) is 3. The van der Waals surface area contributed by atoms with E-state index in [1.165, 1.54) is 0 Å². The van der Waals surface area contributed by atoms with Crippen LogP contribution in [0.25, 0.3) is 0 Å². The Kier molecular flexibility index (Phi) is 5.02. The normalized spacial score (nSPS) is 12.3. The van der Waals surface area contributed by atoms with Crippen molar-refractivity contribution in [2.45, 2.75) is 25.9 Å². The van der Waals surface area contributed by atoms with E-state index in [1.54, 1.807) is 6.20 Å². The number of Topliss-reactive ketones (excluding diaryl/α,β-unsaturated/α-hetero) is 1. The minimum atomic E-state index is -0.0994. The maximum atomic E-state index is 12.6. The minimum absolute atomic E-state index is 0.0994. The fourth-order valence-corrected chi connectivity index (χ4v) is 2.38. The Bertz CT molecular complexity index is 539. The van der Waals surface area contributed by atoms with Gasteiger partial charge in [0.05, 0.1) is 6.04 Å². The van der Waals surface area contributed by atoms with Crippen molar-refractivity contribution in [3.8, 4) is 0 Å². The van der Waals surface area contributed by atoms with Crippen molar-refractivity contribution in [2.75, 3.05) is 7.05 Å². The third kappa shape index (κ3) is 3.52. The average Bonchev–Trinajstić information content (AvgIpc) is 2.49. The lowest BCUT2D eigenvalue weighted by molar-refractivity contribution is 0.0838. The number of carbonyl (C=O) groups is 1. The monoisotopic (exact) mass is 268 g/mol. The van der Waals surface area contributed by atoms with Gasteiger partial charge in [0.25, 0.3) is 0 Å². The Labute approximate surface area is 120 Å². The van der Waals surface area contributed by atoms with Crippen molar-refractivity contribution in [1.29, 1.82) is 0 Å². The summed E-state index contributed by atoms with van der Waals surface area (Å²) in [6.45, 7) is 2.77. The van der Waals surface area contributed by atoms with Crippen LogP contribution in [0.4, 0.5) is 0 Å². The molecule has 1 aromatic heterocycles. The van der Waals surface area contributed by atoms with Crippen LogP contribution >= 0.6 is 0 Å². The van der Waals surface area contributed by atoms with Gasteiger partial charge < -0.3 is 0 Å². The molecule has 0 bridgehead atoms. The number of pyridine rings is 1. The largest absolute Gasteiger partial charge is 0.292 e. The maximum absolute atomic E-state index is 12.6. The molecule has 0 fully saturated rings. The summed E-state index contributed by atoms with van der Waals surface area (Å²) < 4.78 is 0. The van der Waals surface area contributed by atoms with Crippen molar-refractivity contribution in [1.82, 2.24) is 9.88 Å². The first-order valence-corrected chi connectivity index (χ1v) is 6.90. The Balaban J connectivity index is 2.10. The summed E-state index contributed by atoms with van der Waals surface area (Å²) in [6.07, 6.45) is 4.40. The first kappa shape index (κ1) is 14.4. The van der Waals surface area contributed by atoms with Gasteiger partial charge in [0.15, 0.2) is 5.78 Å². The van der Waals surface area contributed by atoms with Crippen molar-refractivity contribution in [3.63, 3.8) is 0 Å². The summed E-state index contributed by atoms with van der Waals surface area (Å²) in [5.41, 5.74) is 1.90. The van der Waals surface area contributed by atoms with Gasteiger partial charge in [0.1, 0.15) is 0 Å². The van der Waals surface area contributed by atoms with E-state index < -0.39 is 0 Å². The Hall–Kier alpha value is -2.00. The first-order valence-electron chi connectivity index (χ1n) is 6.90. The van der Waals surface area contributed by atoms with E-state index in [0.717, 1.165) is 24.1 Å². The standard InChI is InChI=1S/C17H20N2O/c1-3-16(17(20)15-9-5-4-6-10-15)19(2)13-14-8-7-11-18-12-14/h4-12,16H,3,13H2,1-2H3. The molecule has 0 radical (unpaired) electrons. The zero-order valence-corrected chi connectivity index (χ0v) is 12.0. The highest BCUT2D eigenvalue weighted by atomic mass is 16.1. The molecule has 0 aliphatic heterocycles. The van der Waals surface area contributed by atoms with Crippen LogP contribution in [0.5, 0.6) is 0 Å². The van der Waals surface area contributed by atoms with Crippen LogP contribution in [0.3, 0.4) is 0 Å². The third-order valence-electron chi connectivity index (χ3n) is 3.43. The van der Waals surface area contributed by atoms with E-state index in [4.69, 9.17) is 0 Å². The predicted octanol–water partition coefficient (Wildman–Crippen LogP) is 3.17. The summed E-state index contributed by atoms with van der Waals surface area (Å²) >= 11 is 0. The second-order valence-corrected chi connectivity index (χ2v) is 4.93. The molecule has 0 spiro atoms. The molecule has 1 heterocycles. The lowest BCUT2D eigenvalue weighted by Gasteiger charge is -2.26. The van der Waals surface area contributed by atoms with Crippen LogP contribution in [0.15, 0.2) is 54.9 Å². The summed E-state index contributed by atoms with van der Waals surface area (Å²) in [5.74, 6) is 0.180. The summed E-state index contributed by atoms with van der Waals surface area (Å²) in [7, 11) is 1.99. The fourth-order valence-electron chi connectivity index (χ4n) is 2.38. The Morgan fingerprint density at radius 3 is 2.55 bits per heavy atom. The topological polar surface area (TPSA) is 33.2 Å². The van der Waals surface area contributed by atoms with Crippen molar-refractivity contribution in [2.24, 2.45) is 0 Å². The highest BCUT2D eigenvalue weighted by Gasteiger charge is 2.22. The molecule has 2 aromatic rings. The van der Waals surface area contributed by atoms with Crippen LogP contribution in [0.1, 0.15) is 29.3 Å². The molecule has 104 valence electrons. The van der Waals surface area contributed by atoms with E-state index in [0.29, 0.717) is 0 Å². The highest BCUT2D eigenvalue weighted by molar-refractivity contribution is 6.00. The molecule has 0 amide bonds. The molecule has 0 saturated carbocycles. The highest BCUT2D eigenvalue weighted by Crippen LogP contribution is 2.13. The van der Waals surface area contributed by atoms with E-state index in [2.05, 4.69) is 9.88 Å². The zero-order valence-electron chi connectivity index (χ0n) is 12.0. The molecule has 0 aliphatic carbocycles. The number of nitrogens with zero attached hydrogens (tertiary/aromatic N) is 2. The van der Waals surface area contributed by atoms with Crippen molar-refractivity contribution >= 4 is 5.78 Å². The van der Waals surface area contributed by atoms with Gasteiger partial charge in [-0.15, -0.1) is 0 Å². The lowest BCUT2D eigenvalue weighted by atomic mass is 10.0. The summed E-state index contributed by atoms with van der Waals surface area (Å²) in [5, 5.41) is 0. The van der Waals surface area contributed by atoms with Gasteiger partial charge in [-0.25, -0.2) is 0 Å². The molecular weight excluding hydrogens is 248 g/mol. The van der Waals surface area contributed by atoms with Crippen LogP contribution in [-0.2, 0) is 6.54 Å². The molecule has 0 saturated heterocycles. The third-order valence-corrected chi connectivity index (χ3v) is 3.43. The van der Waals surface area contributed by atoms with Gasteiger partial charge in [0, 0.05) is 24.5 Å². The molecule has 2 rings (SSSR count). The van der Waals surface area contributed by atoms with E-state index in [1.807, 2.05) is 62.6 Å². The van der Waals surface area contributed by atoms with Crippen LogP contribution in [0.2, 0.25) is 0 Å². The fraction of sp³-hybridized carbons (Fsp3) is 0.294. The molecule has 3 nitrogen and oxygen atoms in total. The van der Waals surface area contributed by atoms with Crippen molar-refractivity contribution < 1.29 is 4.79 Å². The molecule has 0 N–H and O–H groups in total. The molecular formula is C17H20N2O. The number of aromatic nitrogens is 1. The number of ketones is 1. The molecule has 0 aliphatic rings. The lowest BCUT2D eigenvalue weighted by Crippen LogP contribution is -2.37. The van der Waals surface area contributed by atoms with E-state index >= 15 is 0 Å². The summed E-state index contributed by atoms with van der Waals surface area (Å²) in [6, 6.07) is 13.3. The van der Waals surface area contributed by atoms with Gasteiger partial charge in [0.2, 0.25) is 0 Å². The number of likely N-dealkylation sites (N-methyl/N-ethyl adjacent to an activating group) is 1. The molecule has 3 heteroatoms. The summed E-state index contributed by atoms with van der Waals surface area (Å²) in [4.78, 5) is 18.8. The van der Waals surface area contributed by atoms with Crippen LogP contribution in [0, 0.1) is 0 Å². The number of rotatable bonds is 6. The predicted molar refractivity (Wildman–Crippen MR) is 80.6 cm³/mol. The van der Waals surface area contributed by atoms with Gasteiger partial charge in [-0.1, -0.05) is 43.3 Å². The smallest absolute Gasteiger partial charge is 0.179 e. The second kappa shape index (κ2) is 6.96. The number of carbonyl (C=O) groups excluding carboxylic acids is 1. The zero-order chi connectivity index (χ0) is 14.4. The van der Waals surface area contributed by atoms with Gasteiger partial charge in [-0.2, -0.15) is 0 Å². The van der Waals surface area contributed by atoms with Crippen molar-refractivity contribution in [3.05, 3.63) is 66.0 Å². The minimum Gasteiger partial charge on any atom is -0.292 e. The molecule has 1 aromatic carbocycles. The quantitative estimate of drug-likeness (QED) is 0.754. The molecule has 1 atom stereocenters. The van der Waals surface area contributed by atoms with Gasteiger partial charge in [-0.05, 0) is 25.1 Å². The Morgan fingerprint density at radius 1 is 1.20 bits per heavy atom. The van der Waals surface area contributed by atoms with E-state index in [-0.39, 0.29) is 11.8 Å². The molecule has 20 heavy (non-hydrogen) atoms. The van der Waals surface area contributed by atoms with Crippen LogP contribution < -0.4 is 0 Å². The van der Waals surface area contributed by atoms with Crippen LogP contribution in [-0.4, -0.2) is 28.8 Å². The second-order valence-electron chi connectivity index (χ2n) is 4.93. The average molecular weight is 268 g/mol. The molecule has 1 unspecified atom stereocenters.